The van der Waals surface area contributed by atoms with Gasteiger partial charge in [0.1, 0.15) is 11.6 Å². The maximum absolute atomic E-state index is 15.0. The molecule has 3 fully saturated rings. The molecular weight excluding hydrogens is 537 g/mol. The van der Waals surface area contributed by atoms with Gasteiger partial charge in [-0.2, -0.15) is 4.31 Å². The van der Waals surface area contributed by atoms with Crippen LogP contribution < -0.4 is 0 Å². The van der Waals surface area contributed by atoms with Crippen molar-refractivity contribution in [1.29, 1.82) is 0 Å². The number of ketones is 1. The fraction of sp³-hybridized carbons (Fsp3) is 0.448. The Balaban J connectivity index is 1.45. The first-order valence-electron chi connectivity index (χ1n) is 13.7. The number of carbonyl (C=O) groups excluding carboxylic acids is 2. The molecule has 2 aromatic rings. The van der Waals surface area contributed by atoms with Gasteiger partial charge in [-0.1, -0.05) is 24.6 Å². The maximum atomic E-state index is 15.0. The number of hydrogen-bond donors (Lipinski definition) is 1. The molecule has 1 amide bonds. The molecular formula is C29H34FN3O6S. The summed E-state index contributed by atoms with van der Waals surface area (Å²) in [5, 5.41) is 11.3. The Labute approximate surface area is 233 Å². The number of morpholine rings is 1. The number of benzene rings is 2. The average Bonchev–Trinajstić information content (AvgIpc) is 3.23. The van der Waals surface area contributed by atoms with Crippen LogP contribution in [0.1, 0.15) is 42.9 Å². The highest BCUT2D eigenvalue weighted by molar-refractivity contribution is 7.89. The lowest BCUT2D eigenvalue weighted by atomic mass is 9.95. The molecule has 3 saturated heterocycles. The molecule has 2 aromatic carbocycles. The largest absolute Gasteiger partial charge is 0.507 e. The summed E-state index contributed by atoms with van der Waals surface area (Å²) in [7, 11) is -3.69. The third-order valence-corrected chi connectivity index (χ3v) is 9.71. The maximum Gasteiger partial charge on any atom is 0.295 e. The van der Waals surface area contributed by atoms with Crippen LogP contribution in [0.3, 0.4) is 0 Å². The molecule has 3 aliphatic rings. The summed E-state index contributed by atoms with van der Waals surface area (Å²) < 4.78 is 48.0. The molecule has 1 atom stereocenters. The number of halogens is 1. The van der Waals surface area contributed by atoms with Crippen LogP contribution >= 0.6 is 0 Å². The lowest BCUT2D eigenvalue weighted by Gasteiger charge is -2.29. The minimum atomic E-state index is -3.69. The molecule has 0 bridgehead atoms. The number of carbonyl (C=O) groups is 2. The van der Waals surface area contributed by atoms with Gasteiger partial charge in [0.2, 0.25) is 10.0 Å². The molecule has 0 radical (unpaired) electrons. The second-order valence-corrected chi connectivity index (χ2v) is 12.2. The first-order valence-corrected chi connectivity index (χ1v) is 15.2. The van der Waals surface area contributed by atoms with E-state index >= 15 is 4.39 Å². The van der Waals surface area contributed by atoms with Crippen molar-refractivity contribution in [3.63, 3.8) is 0 Å². The normalized spacial score (nSPS) is 22.6. The van der Waals surface area contributed by atoms with Crippen molar-refractivity contribution in [3.8, 4) is 0 Å². The van der Waals surface area contributed by atoms with Gasteiger partial charge < -0.3 is 14.7 Å². The smallest absolute Gasteiger partial charge is 0.295 e. The lowest BCUT2D eigenvalue weighted by molar-refractivity contribution is -0.140. The van der Waals surface area contributed by atoms with Crippen molar-refractivity contribution in [2.75, 3.05) is 52.5 Å². The van der Waals surface area contributed by atoms with Crippen LogP contribution in [0.5, 0.6) is 0 Å². The fourth-order valence-corrected chi connectivity index (χ4v) is 7.13. The Morgan fingerprint density at radius 1 is 0.925 bits per heavy atom. The summed E-state index contributed by atoms with van der Waals surface area (Å²) >= 11 is 0. The molecule has 0 saturated carbocycles. The van der Waals surface area contributed by atoms with Gasteiger partial charge in [0.15, 0.2) is 0 Å². The monoisotopic (exact) mass is 571 g/mol. The zero-order chi connectivity index (χ0) is 28.3. The zero-order valence-electron chi connectivity index (χ0n) is 22.3. The molecule has 3 aliphatic heterocycles. The van der Waals surface area contributed by atoms with E-state index in [-0.39, 0.29) is 28.1 Å². The first-order chi connectivity index (χ1) is 19.3. The summed E-state index contributed by atoms with van der Waals surface area (Å²) in [4.78, 5) is 30.1. The second-order valence-electron chi connectivity index (χ2n) is 10.3. The summed E-state index contributed by atoms with van der Waals surface area (Å²) in [5.74, 6) is -2.77. The molecule has 214 valence electrons. The van der Waals surface area contributed by atoms with Gasteiger partial charge in [0.05, 0.1) is 29.7 Å². The van der Waals surface area contributed by atoms with Crippen LogP contribution in [0.25, 0.3) is 5.76 Å². The summed E-state index contributed by atoms with van der Waals surface area (Å²) in [5.41, 5.74) is 0.0669. The Morgan fingerprint density at radius 2 is 1.60 bits per heavy atom. The number of Topliss-reactive ketones (excluding diaryl/α,β-unsaturated/α-hetero) is 1. The van der Waals surface area contributed by atoms with Crippen LogP contribution in [0.4, 0.5) is 4.39 Å². The number of likely N-dealkylation sites (tertiary alicyclic amines) is 1. The standard InChI is InChI=1S/C29H34FN3O6S/c30-24-8-3-2-7-23(24)26-25(28(35)29(36)33(26)16-6-13-31-17-19-39-20-18-31)27(34)21-9-11-22(12-10-21)40(37,38)32-14-4-1-5-15-32/h2-3,7-12,26,34H,1,4-6,13-20H2. The molecule has 0 aromatic heterocycles. The minimum absolute atomic E-state index is 0.0835. The predicted octanol–water partition coefficient (Wildman–Crippen LogP) is 3.14. The third kappa shape index (κ3) is 5.69. The number of aliphatic hydroxyl groups is 1. The van der Waals surface area contributed by atoms with E-state index in [1.807, 2.05) is 0 Å². The second kappa shape index (κ2) is 12.2. The van der Waals surface area contributed by atoms with Gasteiger partial charge in [-0.05, 0) is 49.6 Å². The number of amides is 1. The van der Waals surface area contributed by atoms with Crippen molar-refractivity contribution in [3.05, 3.63) is 71.0 Å². The molecule has 1 N–H and O–H groups in total. The number of piperidine rings is 1. The van der Waals surface area contributed by atoms with E-state index in [0.29, 0.717) is 39.3 Å². The molecule has 11 heteroatoms. The highest BCUT2D eigenvalue weighted by Gasteiger charge is 2.46. The molecule has 40 heavy (non-hydrogen) atoms. The average molecular weight is 572 g/mol. The van der Waals surface area contributed by atoms with Crippen molar-refractivity contribution < 1.29 is 32.2 Å². The van der Waals surface area contributed by atoms with E-state index in [0.717, 1.165) is 32.4 Å². The van der Waals surface area contributed by atoms with E-state index in [1.165, 1.54) is 51.7 Å². The fourth-order valence-electron chi connectivity index (χ4n) is 5.61. The summed E-state index contributed by atoms with van der Waals surface area (Å²) in [6.07, 6.45) is 3.16. The molecule has 5 rings (SSSR count). The summed E-state index contributed by atoms with van der Waals surface area (Å²) in [6, 6.07) is 10.4. The molecule has 0 spiro atoms. The molecule has 1 unspecified atom stereocenters. The van der Waals surface area contributed by atoms with Gasteiger partial charge in [-0.25, -0.2) is 12.8 Å². The Morgan fingerprint density at radius 3 is 2.27 bits per heavy atom. The zero-order valence-corrected chi connectivity index (χ0v) is 23.1. The van der Waals surface area contributed by atoms with E-state index in [9.17, 15) is 23.1 Å². The highest BCUT2D eigenvalue weighted by Crippen LogP contribution is 2.40. The number of nitrogens with zero attached hydrogens (tertiary/aromatic N) is 3. The van der Waals surface area contributed by atoms with Crippen LogP contribution in [-0.2, 0) is 24.3 Å². The minimum Gasteiger partial charge on any atom is -0.507 e. The quantitative estimate of drug-likeness (QED) is 0.295. The van der Waals surface area contributed by atoms with Gasteiger partial charge in [-0.15, -0.1) is 0 Å². The molecule has 0 aliphatic carbocycles. The Hall–Kier alpha value is -3.12. The van der Waals surface area contributed by atoms with Crippen molar-refractivity contribution in [2.45, 2.75) is 36.6 Å². The van der Waals surface area contributed by atoms with Crippen LogP contribution in [0.2, 0.25) is 0 Å². The number of ether oxygens (including phenoxy) is 1. The molecule has 9 nitrogen and oxygen atoms in total. The van der Waals surface area contributed by atoms with E-state index in [2.05, 4.69) is 4.90 Å². The van der Waals surface area contributed by atoms with Crippen molar-refractivity contribution in [2.24, 2.45) is 0 Å². The van der Waals surface area contributed by atoms with E-state index < -0.39 is 39.3 Å². The molecule has 3 heterocycles. The van der Waals surface area contributed by atoms with E-state index in [4.69, 9.17) is 4.74 Å². The lowest BCUT2D eigenvalue weighted by Crippen LogP contribution is -2.39. The van der Waals surface area contributed by atoms with Gasteiger partial charge >= 0.3 is 0 Å². The number of rotatable bonds is 8. The number of aliphatic hydroxyl groups excluding tert-OH is 1. The van der Waals surface area contributed by atoms with Crippen molar-refractivity contribution >= 4 is 27.5 Å². The van der Waals surface area contributed by atoms with Crippen LogP contribution in [0.15, 0.2) is 59.0 Å². The SMILES string of the molecule is O=C1C(=O)N(CCCN2CCOCC2)C(c2ccccc2F)C1=C(O)c1ccc(S(=O)(=O)N2CCCCC2)cc1. The summed E-state index contributed by atoms with van der Waals surface area (Å²) in [6.45, 7) is 4.63. The van der Waals surface area contributed by atoms with Crippen LogP contribution in [0, 0.1) is 5.82 Å². The Kier molecular flexibility index (Phi) is 8.65. The van der Waals surface area contributed by atoms with Gasteiger partial charge in [0, 0.05) is 50.4 Å². The van der Waals surface area contributed by atoms with Crippen LogP contribution in [-0.4, -0.2) is 91.8 Å². The van der Waals surface area contributed by atoms with Gasteiger partial charge in [0.25, 0.3) is 11.7 Å². The third-order valence-electron chi connectivity index (χ3n) is 7.80. The number of hydrogen-bond acceptors (Lipinski definition) is 7. The first kappa shape index (κ1) is 28.4. The number of sulfonamides is 1. The topological polar surface area (TPSA) is 107 Å². The Bertz CT molecular complexity index is 1380. The highest BCUT2D eigenvalue weighted by atomic mass is 32.2. The van der Waals surface area contributed by atoms with E-state index in [1.54, 1.807) is 6.07 Å². The van der Waals surface area contributed by atoms with Gasteiger partial charge in [-0.3, -0.25) is 14.5 Å². The predicted molar refractivity (Wildman–Crippen MR) is 146 cm³/mol. The van der Waals surface area contributed by atoms with Crippen molar-refractivity contribution in [1.82, 2.24) is 14.1 Å².